The van der Waals surface area contributed by atoms with Crippen LogP contribution in [0.4, 0.5) is 11.4 Å². The zero-order valence-electron chi connectivity index (χ0n) is 16.0. The Hall–Kier alpha value is -2.83. The molecule has 3 rings (SSSR count). The third-order valence-corrected chi connectivity index (χ3v) is 4.72. The van der Waals surface area contributed by atoms with Crippen LogP contribution in [-0.2, 0) is 14.3 Å². The molecule has 0 saturated carbocycles. The maximum atomic E-state index is 12.9. The molecule has 8 heteroatoms. The van der Waals surface area contributed by atoms with E-state index in [4.69, 9.17) is 27.9 Å². The van der Waals surface area contributed by atoms with Gasteiger partial charge in [-0.3, -0.25) is 9.59 Å². The lowest BCUT2D eigenvalue weighted by Gasteiger charge is -2.17. The number of ether oxygens (including phenoxy) is 1. The Labute approximate surface area is 178 Å². The van der Waals surface area contributed by atoms with E-state index in [0.717, 1.165) is 4.90 Å². The molecule has 1 heterocycles. The Morgan fingerprint density at radius 2 is 1.79 bits per heavy atom. The first kappa shape index (κ1) is 20.9. The third kappa shape index (κ3) is 4.28. The Kier molecular flexibility index (Phi) is 5.96. The molecule has 0 fully saturated rings. The molecule has 150 valence electrons. The molecule has 0 spiro atoms. The fourth-order valence-electron chi connectivity index (χ4n) is 2.85. The van der Waals surface area contributed by atoms with Gasteiger partial charge in [-0.15, -0.1) is 0 Å². The molecule has 2 amide bonds. The summed E-state index contributed by atoms with van der Waals surface area (Å²) in [5.74, 6) is -1.73. The monoisotopic (exact) mass is 432 g/mol. The molecule has 1 N–H and O–H groups in total. The number of nitrogens with zero attached hydrogens (tertiary/aromatic N) is 1. The van der Waals surface area contributed by atoms with E-state index < -0.39 is 17.8 Å². The number of halogens is 2. The molecule has 0 radical (unpaired) electrons. The van der Waals surface area contributed by atoms with E-state index in [1.54, 1.807) is 57.2 Å². The number of amides is 2. The summed E-state index contributed by atoms with van der Waals surface area (Å²) in [6, 6.07) is 11.2. The lowest BCUT2D eigenvalue weighted by molar-refractivity contribution is -0.120. The molecule has 0 unspecified atom stereocenters. The highest BCUT2D eigenvalue weighted by Gasteiger charge is 2.39. The molecule has 0 atom stereocenters. The average Bonchev–Trinajstić information content (AvgIpc) is 2.85. The lowest BCUT2D eigenvalue weighted by Crippen LogP contribution is -2.32. The quantitative estimate of drug-likeness (QED) is 0.549. The Bertz CT molecular complexity index is 1050. The molecule has 0 saturated heterocycles. The number of hydrogen-bond donors (Lipinski definition) is 1. The number of carbonyl (C=O) groups is 3. The van der Waals surface area contributed by atoms with Crippen molar-refractivity contribution in [1.29, 1.82) is 0 Å². The van der Waals surface area contributed by atoms with Gasteiger partial charge in [-0.05, 0) is 62.7 Å². The summed E-state index contributed by atoms with van der Waals surface area (Å²) in [6.45, 7) is 5.24. The maximum absolute atomic E-state index is 12.9. The van der Waals surface area contributed by atoms with Gasteiger partial charge < -0.3 is 10.1 Å². The number of rotatable bonds is 5. The second-order valence-corrected chi connectivity index (χ2v) is 7.54. The van der Waals surface area contributed by atoms with E-state index in [0.29, 0.717) is 27.5 Å². The second-order valence-electron chi connectivity index (χ2n) is 6.73. The first-order valence-electron chi connectivity index (χ1n) is 8.82. The van der Waals surface area contributed by atoms with Crippen molar-refractivity contribution in [3.05, 3.63) is 69.3 Å². The Morgan fingerprint density at radius 1 is 1.07 bits per heavy atom. The van der Waals surface area contributed by atoms with Gasteiger partial charge in [0.05, 0.1) is 17.4 Å². The number of nitrogens with one attached hydrogen (secondary N) is 1. The summed E-state index contributed by atoms with van der Waals surface area (Å²) in [7, 11) is 0. The molecule has 1 aliphatic heterocycles. The molecule has 2 aromatic rings. The molecule has 1 aliphatic rings. The van der Waals surface area contributed by atoms with Crippen molar-refractivity contribution < 1.29 is 19.1 Å². The van der Waals surface area contributed by atoms with Crippen LogP contribution in [-0.4, -0.2) is 23.9 Å². The minimum atomic E-state index is -0.639. The molecule has 2 aromatic carbocycles. The Morgan fingerprint density at radius 3 is 2.45 bits per heavy atom. The van der Waals surface area contributed by atoms with Gasteiger partial charge in [-0.25, -0.2) is 9.69 Å². The van der Waals surface area contributed by atoms with Crippen molar-refractivity contribution >= 4 is 52.4 Å². The van der Waals surface area contributed by atoms with Gasteiger partial charge in [-0.1, -0.05) is 29.3 Å². The van der Waals surface area contributed by atoms with Crippen LogP contribution in [0.5, 0.6) is 0 Å². The summed E-state index contributed by atoms with van der Waals surface area (Å²) in [5.41, 5.74) is 1.71. The third-order valence-electron chi connectivity index (χ3n) is 4.14. The normalized spacial score (nSPS) is 14.1. The van der Waals surface area contributed by atoms with Crippen LogP contribution in [0, 0.1) is 6.92 Å². The van der Waals surface area contributed by atoms with Crippen molar-refractivity contribution in [2.75, 3.05) is 10.2 Å². The molecule has 0 aromatic heterocycles. The van der Waals surface area contributed by atoms with Crippen molar-refractivity contribution in [3.8, 4) is 0 Å². The van der Waals surface area contributed by atoms with Crippen LogP contribution in [0.25, 0.3) is 0 Å². The minimum absolute atomic E-state index is 0.0691. The smallest absolute Gasteiger partial charge is 0.338 e. The van der Waals surface area contributed by atoms with Crippen LogP contribution >= 0.6 is 23.2 Å². The van der Waals surface area contributed by atoms with Gasteiger partial charge in [0.1, 0.15) is 10.7 Å². The fraction of sp³-hybridized carbons (Fsp3) is 0.190. The van der Waals surface area contributed by atoms with Crippen molar-refractivity contribution in [2.24, 2.45) is 0 Å². The lowest BCUT2D eigenvalue weighted by atomic mass is 10.2. The van der Waals surface area contributed by atoms with Crippen LogP contribution in [0.1, 0.15) is 29.8 Å². The molecule has 0 bridgehead atoms. The van der Waals surface area contributed by atoms with Gasteiger partial charge in [0.2, 0.25) is 0 Å². The number of carbonyl (C=O) groups excluding carboxylic acids is 3. The summed E-state index contributed by atoms with van der Waals surface area (Å²) < 4.78 is 5.17. The van der Waals surface area contributed by atoms with Crippen LogP contribution in [0.15, 0.2) is 53.2 Å². The summed E-state index contributed by atoms with van der Waals surface area (Å²) in [4.78, 5) is 38.6. The van der Waals surface area contributed by atoms with Gasteiger partial charge >= 0.3 is 5.97 Å². The van der Waals surface area contributed by atoms with E-state index >= 15 is 0 Å². The first-order valence-corrected chi connectivity index (χ1v) is 9.57. The zero-order chi connectivity index (χ0) is 21.3. The zero-order valence-corrected chi connectivity index (χ0v) is 17.5. The average molecular weight is 433 g/mol. The van der Waals surface area contributed by atoms with E-state index in [9.17, 15) is 14.4 Å². The van der Waals surface area contributed by atoms with Crippen molar-refractivity contribution in [1.82, 2.24) is 0 Å². The van der Waals surface area contributed by atoms with Crippen LogP contribution < -0.4 is 10.2 Å². The predicted octanol–water partition coefficient (Wildman–Crippen LogP) is 4.65. The van der Waals surface area contributed by atoms with Gasteiger partial charge in [-0.2, -0.15) is 0 Å². The van der Waals surface area contributed by atoms with E-state index in [2.05, 4.69) is 5.32 Å². The van der Waals surface area contributed by atoms with Crippen LogP contribution in [0.2, 0.25) is 5.02 Å². The van der Waals surface area contributed by atoms with Gasteiger partial charge in [0.25, 0.3) is 11.8 Å². The molecular weight excluding hydrogens is 415 g/mol. The van der Waals surface area contributed by atoms with Gasteiger partial charge in [0, 0.05) is 10.7 Å². The molecule has 0 aliphatic carbocycles. The number of hydrogen-bond acceptors (Lipinski definition) is 5. The number of anilines is 2. The summed E-state index contributed by atoms with van der Waals surface area (Å²) >= 11 is 12.1. The standard InChI is InChI=1S/C21H18Cl2N2O4/c1-11(2)29-21(28)13-5-4-6-15(10-13)24-18-17(23)19(26)25(20(18)27)16-8-7-14(22)9-12(16)3/h4-11,24H,1-3H3. The van der Waals surface area contributed by atoms with E-state index in [1.807, 2.05) is 0 Å². The van der Waals surface area contributed by atoms with Crippen molar-refractivity contribution in [2.45, 2.75) is 26.9 Å². The van der Waals surface area contributed by atoms with Crippen molar-refractivity contribution in [3.63, 3.8) is 0 Å². The first-order chi connectivity index (χ1) is 13.7. The highest BCUT2D eigenvalue weighted by atomic mass is 35.5. The highest BCUT2D eigenvalue weighted by molar-refractivity contribution is 6.53. The maximum Gasteiger partial charge on any atom is 0.338 e. The minimum Gasteiger partial charge on any atom is -0.459 e. The van der Waals surface area contributed by atoms with E-state index in [-0.39, 0.29) is 16.8 Å². The summed E-state index contributed by atoms with van der Waals surface area (Å²) in [6.07, 6.45) is -0.263. The van der Waals surface area contributed by atoms with Crippen LogP contribution in [0.3, 0.4) is 0 Å². The second kappa shape index (κ2) is 8.27. The number of aryl methyl sites for hydroxylation is 1. The topological polar surface area (TPSA) is 75.7 Å². The highest BCUT2D eigenvalue weighted by Crippen LogP contribution is 2.33. The fourth-order valence-corrected chi connectivity index (χ4v) is 3.29. The molecule has 6 nitrogen and oxygen atoms in total. The SMILES string of the molecule is Cc1cc(Cl)ccc1N1C(=O)C(Cl)=C(Nc2cccc(C(=O)OC(C)C)c2)C1=O. The largest absolute Gasteiger partial charge is 0.459 e. The van der Waals surface area contributed by atoms with E-state index in [1.165, 1.54) is 6.07 Å². The predicted molar refractivity (Wildman–Crippen MR) is 112 cm³/mol. The number of esters is 1. The summed E-state index contributed by atoms with van der Waals surface area (Å²) in [5, 5.41) is 3.11. The molecular formula is C21H18Cl2N2O4. The number of benzene rings is 2. The number of imide groups is 1. The Balaban J connectivity index is 1.87. The molecule has 29 heavy (non-hydrogen) atoms. The van der Waals surface area contributed by atoms with Gasteiger partial charge in [0.15, 0.2) is 0 Å².